The highest BCUT2D eigenvalue weighted by molar-refractivity contribution is 8.26. The average molecular weight is 469 g/mol. The second kappa shape index (κ2) is 11.6. The van der Waals surface area contributed by atoms with Crippen LogP contribution >= 0.6 is 24.0 Å². The molecule has 0 atom stereocenters. The lowest BCUT2D eigenvalue weighted by Gasteiger charge is -2.14. The van der Waals surface area contributed by atoms with Crippen LogP contribution in [0, 0.1) is 0 Å². The van der Waals surface area contributed by atoms with Gasteiger partial charge >= 0.3 is 5.97 Å². The number of carbonyl (C=O) groups is 3. The summed E-state index contributed by atoms with van der Waals surface area (Å²) < 4.78 is 5.17. The molecule has 1 fully saturated rings. The third kappa shape index (κ3) is 6.51. The Morgan fingerprint density at radius 1 is 1.12 bits per heavy atom. The summed E-state index contributed by atoms with van der Waals surface area (Å²) in [4.78, 5) is 38.4. The molecular weight excluding hydrogens is 444 g/mol. The summed E-state index contributed by atoms with van der Waals surface area (Å²) in [6.07, 6.45) is 3.40. The van der Waals surface area contributed by atoms with Crippen LogP contribution in [0.1, 0.15) is 34.3 Å². The highest BCUT2D eigenvalue weighted by Gasteiger charge is 2.31. The lowest BCUT2D eigenvalue weighted by atomic mass is 10.1. The van der Waals surface area contributed by atoms with Crippen molar-refractivity contribution in [3.63, 3.8) is 0 Å². The first kappa shape index (κ1) is 23.7. The summed E-state index contributed by atoms with van der Waals surface area (Å²) in [6, 6.07) is 16.8. The molecule has 2 aromatic carbocycles. The van der Waals surface area contributed by atoms with Crippen LogP contribution in [0.4, 0.5) is 0 Å². The fourth-order valence-electron chi connectivity index (χ4n) is 3.15. The van der Waals surface area contributed by atoms with E-state index in [1.54, 1.807) is 30.3 Å². The summed E-state index contributed by atoms with van der Waals surface area (Å²) in [5.74, 6) is -0.610. The predicted molar refractivity (Wildman–Crippen MR) is 130 cm³/mol. The molecule has 0 aliphatic carbocycles. The van der Waals surface area contributed by atoms with Gasteiger partial charge in [0, 0.05) is 19.5 Å². The average Bonchev–Trinajstić information content (AvgIpc) is 3.07. The van der Waals surface area contributed by atoms with Crippen molar-refractivity contribution in [1.82, 2.24) is 10.2 Å². The van der Waals surface area contributed by atoms with E-state index >= 15 is 0 Å². The number of benzene rings is 2. The Kier molecular flexibility index (Phi) is 8.58. The van der Waals surface area contributed by atoms with Crippen LogP contribution < -0.4 is 5.32 Å². The first-order valence-corrected chi connectivity index (χ1v) is 11.4. The second-order valence-corrected chi connectivity index (χ2v) is 8.81. The molecular formula is C24H24N2O4S2. The topological polar surface area (TPSA) is 75.7 Å². The molecule has 166 valence electrons. The minimum absolute atomic E-state index is 0.0346. The molecule has 8 heteroatoms. The molecule has 0 bridgehead atoms. The van der Waals surface area contributed by atoms with Gasteiger partial charge < -0.3 is 10.1 Å². The maximum Gasteiger partial charge on any atom is 0.337 e. The van der Waals surface area contributed by atoms with Crippen LogP contribution in [0.5, 0.6) is 0 Å². The second-order valence-electron chi connectivity index (χ2n) is 7.14. The minimum atomic E-state index is -0.410. The molecule has 1 heterocycles. The fraction of sp³-hybridized carbons (Fsp3) is 0.250. The van der Waals surface area contributed by atoms with Crippen molar-refractivity contribution in [1.29, 1.82) is 0 Å². The number of nitrogens with one attached hydrogen (secondary N) is 1. The molecule has 1 saturated heterocycles. The highest BCUT2D eigenvalue weighted by atomic mass is 32.2. The van der Waals surface area contributed by atoms with Crippen molar-refractivity contribution < 1.29 is 19.1 Å². The first-order valence-electron chi connectivity index (χ1n) is 10.2. The SMILES string of the molecule is COC(=O)c1ccc(/C=C2/SC(=S)N(CCCC(=O)NCCc3ccccc3)C2=O)cc1. The number of thiocarbonyl (C=S) groups is 1. The molecule has 0 spiro atoms. The zero-order chi connectivity index (χ0) is 22.9. The fourth-order valence-corrected chi connectivity index (χ4v) is 4.46. The molecule has 1 N–H and O–H groups in total. The van der Waals surface area contributed by atoms with E-state index in [0.717, 1.165) is 12.0 Å². The van der Waals surface area contributed by atoms with Gasteiger partial charge in [0.15, 0.2) is 0 Å². The van der Waals surface area contributed by atoms with Crippen LogP contribution in [0.25, 0.3) is 6.08 Å². The van der Waals surface area contributed by atoms with Gasteiger partial charge in [-0.2, -0.15) is 0 Å². The Morgan fingerprint density at radius 2 is 1.84 bits per heavy atom. The number of hydrogen-bond acceptors (Lipinski definition) is 6. The summed E-state index contributed by atoms with van der Waals surface area (Å²) >= 11 is 6.59. The number of methoxy groups -OCH3 is 1. The Balaban J connectivity index is 1.45. The van der Waals surface area contributed by atoms with Crippen molar-refractivity contribution in [3.05, 3.63) is 76.2 Å². The molecule has 0 saturated carbocycles. The maximum atomic E-state index is 12.7. The summed E-state index contributed by atoms with van der Waals surface area (Å²) in [7, 11) is 1.33. The summed E-state index contributed by atoms with van der Waals surface area (Å²) in [6.45, 7) is 0.983. The monoisotopic (exact) mass is 468 g/mol. The molecule has 32 heavy (non-hydrogen) atoms. The van der Waals surface area contributed by atoms with Gasteiger partial charge in [-0.1, -0.05) is 66.4 Å². The Hall–Kier alpha value is -2.97. The number of amides is 2. The standard InChI is InChI=1S/C24H24N2O4S2/c1-30-23(29)19-11-9-18(10-12-19)16-20-22(28)26(24(31)32-20)15-5-8-21(27)25-14-13-17-6-3-2-4-7-17/h2-4,6-7,9-12,16H,5,8,13-15H2,1H3,(H,25,27)/b20-16+. The number of ether oxygens (including phenoxy) is 1. The molecule has 2 aromatic rings. The third-order valence-corrected chi connectivity index (χ3v) is 6.25. The molecule has 6 nitrogen and oxygen atoms in total. The number of thioether (sulfide) groups is 1. The number of hydrogen-bond donors (Lipinski definition) is 1. The Labute approximate surface area is 197 Å². The van der Waals surface area contributed by atoms with Crippen LogP contribution in [0.3, 0.4) is 0 Å². The number of nitrogens with zero attached hydrogens (tertiary/aromatic N) is 1. The third-order valence-electron chi connectivity index (χ3n) is 4.87. The van der Waals surface area contributed by atoms with E-state index in [2.05, 4.69) is 10.1 Å². The van der Waals surface area contributed by atoms with E-state index in [9.17, 15) is 14.4 Å². The molecule has 2 amide bonds. The van der Waals surface area contributed by atoms with Gasteiger partial charge in [-0.3, -0.25) is 14.5 Å². The Morgan fingerprint density at radius 3 is 2.53 bits per heavy atom. The highest BCUT2D eigenvalue weighted by Crippen LogP contribution is 2.32. The molecule has 0 radical (unpaired) electrons. The molecule has 1 aliphatic heterocycles. The van der Waals surface area contributed by atoms with E-state index in [-0.39, 0.29) is 11.8 Å². The maximum absolute atomic E-state index is 12.7. The van der Waals surface area contributed by atoms with Gasteiger partial charge in [0.25, 0.3) is 5.91 Å². The molecule has 1 aliphatic rings. The predicted octanol–water partition coefficient (Wildman–Crippen LogP) is 3.81. The lowest BCUT2D eigenvalue weighted by molar-refractivity contribution is -0.123. The smallest absolute Gasteiger partial charge is 0.337 e. The lowest BCUT2D eigenvalue weighted by Crippen LogP contribution is -2.31. The van der Waals surface area contributed by atoms with Crippen LogP contribution in [-0.2, 0) is 20.7 Å². The largest absolute Gasteiger partial charge is 0.465 e. The normalized spacial score (nSPS) is 14.7. The van der Waals surface area contributed by atoms with Gasteiger partial charge in [0.1, 0.15) is 4.32 Å². The van der Waals surface area contributed by atoms with Crippen molar-refractivity contribution in [2.24, 2.45) is 0 Å². The number of rotatable bonds is 9. The van der Waals surface area contributed by atoms with Crippen LogP contribution in [-0.4, -0.2) is 47.2 Å². The van der Waals surface area contributed by atoms with Crippen LogP contribution in [0.15, 0.2) is 59.5 Å². The van der Waals surface area contributed by atoms with Gasteiger partial charge in [-0.25, -0.2) is 4.79 Å². The minimum Gasteiger partial charge on any atom is -0.465 e. The zero-order valence-electron chi connectivity index (χ0n) is 17.7. The number of esters is 1. The summed E-state index contributed by atoms with van der Waals surface area (Å²) in [5.41, 5.74) is 2.41. The van der Waals surface area contributed by atoms with Crippen LogP contribution in [0.2, 0.25) is 0 Å². The van der Waals surface area contributed by atoms with E-state index in [1.807, 2.05) is 30.3 Å². The van der Waals surface area contributed by atoms with E-state index < -0.39 is 5.97 Å². The van der Waals surface area contributed by atoms with Gasteiger partial charge in [-0.05, 0) is 42.2 Å². The van der Waals surface area contributed by atoms with E-state index in [4.69, 9.17) is 12.2 Å². The quantitative estimate of drug-likeness (QED) is 0.343. The molecule has 0 aromatic heterocycles. The van der Waals surface area contributed by atoms with Crippen molar-refractivity contribution in [2.45, 2.75) is 19.3 Å². The van der Waals surface area contributed by atoms with E-state index in [1.165, 1.54) is 29.3 Å². The van der Waals surface area contributed by atoms with Gasteiger partial charge in [-0.15, -0.1) is 0 Å². The molecule has 0 unspecified atom stereocenters. The molecule has 3 rings (SSSR count). The van der Waals surface area contributed by atoms with Gasteiger partial charge in [0.05, 0.1) is 17.6 Å². The van der Waals surface area contributed by atoms with Gasteiger partial charge in [0.2, 0.25) is 5.91 Å². The van der Waals surface area contributed by atoms with Crippen molar-refractivity contribution in [3.8, 4) is 0 Å². The number of carbonyl (C=O) groups excluding carboxylic acids is 3. The summed E-state index contributed by atoms with van der Waals surface area (Å²) in [5, 5.41) is 2.91. The Bertz CT molecular complexity index is 1020. The zero-order valence-corrected chi connectivity index (χ0v) is 19.3. The van der Waals surface area contributed by atoms with E-state index in [0.29, 0.717) is 40.7 Å². The van der Waals surface area contributed by atoms with Crippen molar-refractivity contribution >= 4 is 52.2 Å². The van der Waals surface area contributed by atoms with Crippen molar-refractivity contribution in [2.75, 3.05) is 20.2 Å². The first-order chi connectivity index (χ1) is 15.5.